The molecule has 1 aromatic carbocycles. The van der Waals surface area contributed by atoms with Crippen molar-refractivity contribution >= 4 is 40.0 Å². The SMILES string of the molecule is Cn1nc(CNC(=O)c2ccc3nsnc3c2)cc1-c1cccs1. The van der Waals surface area contributed by atoms with Crippen LogP contribution >= 0.6 is 23.1 Å². The molecule has 0 spiro atoms. The van der Waals surface area contributed by atoms with Crippen LogP contribution in [0, 0.1) is 0 Å². The zero-order chi connectivity index (χ0) is 16.5. The highest BCUT2D eigenvalue weighted by molar-refractivity contribution is 7.13. The first-order valence-corrected chi connectivity index (χ1v) is 8.89. The molecule has 0 fully saturated rings. The molecule has 8 heteroatoms. The Balaban J connectivity index is 1.48. The molecule has 4 aromatic rings. The van der Waals surface area contributed by atoms with Crippen molar-refractivity contribution < 1.29 is 4.79 Å². The smallest absolute Gasteiger partial charge is 0.251 e. The van der Waals surface area contributed by atoms with Gasteiger partial charge in [-0.1, -0.05) is 6.07 Å². The maximum absolute atomic E-state index is 12.3. The quantitative estimate of drug-likeness (QED) is 0.610. The summed E-state index contributed by atoms with van der Waals surface area (Å²) in [6, 6.07) is 11.4. The van der Waals surface area contributed by atoms with Crippen LogP contribution < -0.4 is 5.32 Å². The Kier molecular flexibility index (Phi) is 3.83. The number of thiophene rings is 1. The van der Waals surface area contributed by atoms with Crippen molar-refractivity contribution in [2.45, 2.75) is 6.54 Å². The minimum absolute atomic E-state index is 0.145. The second-order valence-electron chi connectivity index (χ2n) is 5.27. The number of carbonyl (C=O) groups is 1. The van der Waals surface area contributed by atoms with E-state index in [9.17, 15) is 4.79 Å². The van der Waals surface area contributed by atoms with Gasteiger partial charge in [-0.25, -0.2) is 0 Å². The summed E-state index contributed by atoms with van der Waals surface area (Å²) in [6.45, 7) is 0.380. The van der Waals surface area contributed by atoms with Gasteiger partial charge in [0.05, 0.1) is 34.5 Å². The van der Waals surface area contributed by atoms with E-state index in [2.05, 4.69) is 25.2 Å². The lowest BCUT2D eigenvalue weighted by molar-refractivity contribution is 0.0950. The van der Waals surface area contributed by atoms with Crippen LogP contribution in [0.15, 0.2) is 41.8 Å². The van der Waals surface area contributed by atoms with Crippen molar-refractivity contribution in [1.82, 2.24) is 23.8 Å². The van der Waals surface area contributed by atoms with Crippen molar-refractivity contribution in [3.8, 4) is 10.6 Å². The number of hydrogen-bond acceptors (Lipinski definition) is 6. The van der Waals surface area contributed by atoms with Gasteiger partial charge in [0.25, 0.3) is 5.91 Å². The highest BCUT2D eigenvalue weighted by Gasteiger charge is 2.11. The summed E-state index contributed by atoms with van der Waals surface area (Å²) in [4.78, 5) is 13.5. The van der Waals surface area contributed by atoms with Gasteiger partial charge in [0, 0.05) is 12.6 Å². The van der Waals surface area contributed by atoms with Gasteiger partial charge in [0.15, 0.2) is 0 Å². The Hall–Kier alpha value is -2.58. The number of aromatic nitrogens is 4. The monoisotopic (exact) mass is 355 g/mol. The highest BCUT2D eigenvalue weighted by atomic mass is 32.1. The van der Waals surface area contributed by atoms with Crippen molar-refractivity contribution in [1.29, 1.82) is 0 Å². The van der Waals surface area contributed by atoms with Crippen LogP contribution in [0.25, 0.3) is 21.6 Å². The van der Waals surface area contributed by atoms with Crippen LogP contribution in [0.5, 0.6) is 0 Å². The Labute approximate surface area is 146 Å². The molecule has 1 amide bonds. The molecule has 4 rings (SSSR count). The van der Waals surface area contributed by atoms with E-state index in [1.54, 1.807) is 23.5 Å². The zero-order valence-electron chi connectivity index (χ0n) is 12.8. The lowest BCUT2D eigenvalue weighted by atomic mass is 10.2. The summed E-state index contributed by atoms with van der Waals surface area (Å²) in [5.41, 5.74) is 3.99. The fraction of sp³-hybridized carbons (Fsp3) is 0.125. The second-order valence-corrected chi connectivity index (χ2v) is 6.75. The first kappa shape index (κ1) is 15.0. The summed E-state index contributed by atoms with van der Waals surface area (Å²) in [5.74, 6) is -0.145. The van der Waals surface area contributed by atoms with Crippen molar-refractivity contribution in [2.75, 3.05) is 0 Å². The van der Waals surface area contributed by atoms with Crippen LogP contribution in [0.4, 0.5) is 0 Å². The average molecular weight is 355 g/mol. The third kappa shape index (κ3) is 2.81. The fourth-order valence-electron chi connectivity index (χ4n) is 2.46. The number of rotatable bonds is 4. The number of nitrogens with zero attached hydrogens (tertiary/aromatic N) is 4. The highest BCUT2D eigenvalue weighted by Crippen LogP contribution is 2.24. The van der Waals surface area contributed by atoms with E-state index in [0.29, 0.717) is 12.1 Å². The molecule has 0 unspecified atom stereocenters. The summed E-state index contributed by atoms with van der Waals surface area (Å²) < 4.78 is 10.1. The Morgan fingerprint density at radius 3 is 2.92 bits per heavy atom. The predicted octanol–water partition coefficient (Wildman–Crippen LogP) is 3.08. The molecule has 0 aliphatic rings. The minimum atomic E-state index is -0.145. The number of amides is 1. The third-order valence-corrected chi connectivity index (χ3v) is 5.10. The molecule has 0 saturated carbocycles. The van der Waals surface area contributed by atoms with Crippen molar-refractivity contribution in [3.63, 3.8) is 0 Å². The van der Waals surface area contributed by atoms with E-state index >= 15 is 0 Å². The number of benzene rings is 1. The van der Waals surface area contributed by atoms with Crippen LogP contribution in [-0.4, -0.2) is 24.4 Å². The van der Waals surface area contributed by atoms with Crippen LogP contribution in [0.3, 0.4) is 0 Å². The largest absolute Gasteiger partial charge is 0.346 e. The van der Waals surface area contributed by atoms with Gasteiger partial charge in [-0.3, -0.25) is 9.48 Å². The topological polar surface area (TPSA) is 72.7 Å². The van der Waals surface area contributed by atoms with E-state index in [-0.39, 0.29) is 5.91 Å². The molecule has 1 N–H and O–H groups in total. The molecule has 120 valence electrons. The molecule has 3 aromatic heterocycles. The molecule has 0 aliphatic carbocycles. The lowest BCUT2D eigenvalue weighted by Gasteiger charge is -2.02. The summed E-state index contributed by atoms with van der Waals surface area (Å²) in [5, 5.41) is 9.40. The van der Waals surface area contributed by atoms with Gasteiger partial charge in [-0.15, -0.1) is 11.3 Å². The van der Waals surface area contributed by atoms with Gasteiger partial charge < -0.3 is 5.32 Å². The number of aryl methyl sites for hydroxylation is 1. The zero-order valence-corrected chi connectivity index (χ0v) is 14.4. The lowest BCUT2D eigenvalue weighted by Crippen LogP contribution is -2.23. The number of carbonyl (C=O) groups excluding carboxylic acids is 1. The molecule has 0 bridgehead atoms. The van der Waals surface area contributed by atoms with Gasteiger partial charge in [0.1, 0.15) is 11.0 Å². The van der Waals surface area contributed by atoms with Crippen LogP contribution in [-0.2, 0) is 13.6 Å². The van der Waals surface area contributed by atoms with Gasteiger partial charge in [-0.05, 0) is 35.7 Å². The normalized spacial score (nSPS) is 11.0. The van der Waals surface area contributed by atoms with E-state index in [4.69, 9.17) is 0 Å². The Morgan fingerprint density at radius 1 is 1.21 bits per heavy atom. The van der Waals surface area contributed by atoms with E-state index in [1.807, 2.05) is 35.3 Å². The Morgan fingerprint density at radius 2 is 2.08 bits per heavy atom. The number of fused-ring (bicyclic) bond motifs is 1. The molecular formula is C16H13N5OS2. The Bertz CT molecular complexity index is 1000. The first-order chi connectivity index (χ1) is 11.7. The summed E-state index contributed by atoms with van der Waals surface area (Å²) in [6.07, 6.45) is 0. The first-order valence-electron chi connectivity index (χ1n) is 7.28. The van der Waals surface area contributed by atoms with E-state index in [0.717, 1.165) is 39.0 Å². The summed E-state index contributed by atoms with van der Waals surface area (Å²) >= 11 is 2.81. The molecule has 0 atom stereocenters. The predicted molar refractivity (Wildman–Crippen MR) is 95.1 cm³/mol. The van der Waals surface area contributed by atoms with Crippen LogP contribution in [0.2, 0.25) is 0 Å². The third-order valence-electron chi connectivity index (χ3n) is 3.65. The maximum Gasteiger partial charge on any atom is 0.251 e. The molecular weight excluding hydrogens is 342 g/mol. The van der Waals surface area contributed by atoms with Crippen LogP contribution in [0.1, 0.15) is 16.1 Å². The summed E-state index contributed by atoms with van der Waals surface area (Å²) in [7, 11) is 1.91. The van der Waals surface area contributed by atoms with Gasteiger partial charge >= 0.3 is 0 Å². The standard InChI is InChI=1S/C16H13N5OS2/c1-21-14(15-3-2-6-23-15)8-11(18-21)9-17-16(22)10-4-5-12-13(7-10)20-24-19-12/h2-8H,9H2,1H3,(H,17,22). The van der Waals surface area contributed by atoms with E-state index in [1.165, 1.54) is 0 Å². The number of nitrogens with one attached hydrogen (secondary N) is 1. The second kappa shape index (κ2) is 6.14. The molecule has 0 saturated heterocycles. The fourth-order valence-corrected chi connectivity index (χ4v) is 3.75. The molecule has 24 heavy (non-hydrogen) atoms. The molecule has 0 radical (unpaired) electrons. The minimum Gasteiger partial charge on any atom is -0.346 e. The number of hydrogen-bond donors (Lipinski definition) is 1. The molecule has 0 aliphatic heterocycles. The van der Waals surface area contributed by atoms with Crippen molar-refractivity contribution in [3.05, 3.63) is 53.0 Å². The maximum atomic E-state index is 12.3. The van der Waals surface area contributed by atoms with Gasteiger partial charge in [-0.2, -0.15) is 13.8 Å². The molecule has 3 heterocycles. The van der Waals surface area contributed by atoms with Gasteiger partial charge in [0.2, 0.25) is 0 Å². The average Bonchev–Trinajstić information content (AvgIpc) is 3.32. The van der Waals surface area contributed by atoms with E-state index < -0.39 is 0 Å². The van der Waals surface area contributed by atoms with Crippen molar-refractivity contribution in [2.24, 2.45) is 7.05 Å². The molecule has 6 nitrogen and oxygen atoms in total.